The third-order valence-corrected chi connectivity index (χ3v) is 3.80. The topological polar surface area (TPSA) is 96.5 Å². The number of ether oxygens (including phenoxy) is 1. The monoisotopic (exact) mass is 369 g/mol. The quantitative estimate of drug-likeness (QED) is 0.675. The van der Waals surface area contributed by atoms with Crippen LogP contribution in [0.1, 0.15) is 28.4 Å². The van der Waals surface area contributed by atoms with Gasteiger partial charge in [0, 0.05) is 5.56 Å². The SMILES string of the molecule is Cc1ccc(C)c(OCC(=O)NNC(=O)[C@H](C)NC(=O)c2ccccc2)c1. The van der Waals surface area contributed by atoms with E-state index in [1.165, 1.54) is 6.92 Å². The Kier molecular flexibility index (Phi) is 6.93. The molecule has 0 aliphatic heterocycles. The molecule has 7 heteroatoms. The lowest BCUT2D eigenvalue weighted by Crippen LogP contribution is -2.51. The Hall–Kier alpha value is -3.35. The zero-order valence-corrected chi connectivity index (χ0v) is 15.5. The normalized spacial score (nSPS) is 11.2. The summed E-state index contributed by atoms with van der Waals surface area (Å²) in [4.78, 5) is 35.9. The van der Waals surface area contributed by atoms with Crippen LogP contribution in [-0.4, -0.2) is 30.4 Å². The average Bonchev–Trinajstić information content (AvgIpc) is 2.67. The maximum absolute atomic E-state index is 12.0. The smallest absolute Gasteiger partial charge is 0.276 e. The lowest BCUT2D eigenvalue weighted by molar-refractivity contribution is -0.130. The molecule has 1 atom stereocenters. The van der Waals surface area contributed by atoms with Gasteiger partial charge in [0.05, 0.1) is 0 Å². The van der Waals surface area contributed by atoms with E-state index in [-0.39, 0.29) is 12.5 Å². The van der Waals surface area contributed by atoms with Gasteiger partial charge in [-0.1, -0.05) is 30.3 Å². The zero-order valence-electron chi connectivity index (χ0n) is 15.5. The molecule has 0 aromatic heterocycles. The molecule has 0 saturated carbocycles. The molecule has 3 amide bonds. The van der Waals surface area contributed by atoms with Crippen LogP contribution in [0, 0.1) is 13.8 Å². The van der Waals surface area contributed by atoms with Crippen LogP contribution in [0.15, 0.2) is 48.5 Å². The van der Waals surface area contributed by atoms with Crippen LogP contribution in [0.2, 0.25) is 0 Å². The van der Waals surface area contributed by atoms with E-state index in [0.717, 1.165) is 11.1 Å². The van der Waals surface area contributed by atoms with E-state index in [1.54, 1.807) is 30.3 Å². The minimum atomic E-state index is -0.821. The van der Waals surface area contributed by atoms with Crippen LogP contribution in [0.25, 0.3) is 0 Å². The summed E-state index contributed by atoms with van der Waals surface area (Å²) in [6.07, 6.45) is 0. The van der Waals surface area contributed by atoms with Crippen molar-refractivity contribution in [2.75, 3.05) is 6.61 Å². The summed E-state index contributed by atoms with van der Waals surface area (Å²) in [6.45, 7) is 5.09. The Morgan fingerprint density at radius 3 is 2.41 bits per heavy atom. The Labute approximate surface area is 158 Å². The Morgan fingerprint density at radius 2 is 1.70 bits per heavy atom. The van der Waals surface area contributed by atoms with Crippen LogP contribution in [0.3, 0.4) is 0 Å². The van der Waals surface area contributed by atoms with Crippen molar-refractivity contribution in [2.45, 2.75) is 26.8 Å². The Balaban J connectivity index is 1.76. The number of hydrogen-bond acceptors (Lipinski definition) is 4. The van der Waals surface area contributed by atoms with Crippen molar-refractivity contribution in [2.24, 2.45) is 0 Å². The fraction of sp³-hybridized carbons (Fsp3) is 0.250. The molecule has 2 rings (SSSR count). The van der Waals surface area contributed by atoms with Gasteiger partial charge in [-0.3, -0.25) is 25.2 Å². The van der Waals surface area contributed by atoms with Gasteiger partial charge in [-0.2, -0.15) is 0 Å². The molecule has 2 aromatic rings. The maximum atomic E-state index is 12.0. The van der Waals surface area contributed by atoms with Crippen LogP contribution in [-0.2, 0) is 9.59 Å². The second-order valence-electron chi connectivity index (χ2n) is 6.16. The van der Waals surface area contributed by atoms with Gasteiger partial charge in [0.15, 0.2) is 6.61 Å². The van der Waals surface area contributed by atoms with Crippen molar-refractivity contribution in [3.8, 4) is 5.75 Å². The summed E-state index contributed by atoms with van der Waals surface area (Å²) >= 11 is 0. The fourth-order valence-electron chi connectivity index (χ4n) is 2.22. The van der Waals surface area contributed by atoms with Gasteiger partial charge in [-0.15, -0.1) is 0 Å². The van der Waals surface area contributed by atoms with Gasteiger partial charge in [0.25, 0.3) is 17.7 Å². The first kappa shape index (κ1) is 20.0. The van der Waals surface area contributed by atoms with E-state index < -0.39 is 17.9 Å². The predicted molar refractivity (Wildman–Crippen MR) is 101 cm³/mol. The van der Waals surface area contributed by atoms with Crippen LogP contribution in [0.4, 0.5) is 0 Å². The third-order valence-electron chi connectivity index (χ3n) is 3.80. The highest BCUT2D eigenvalue weighted by Crippen LogP contribution is 2.18. The van der Waals surface area contributed by atoms with Gasteiger partial charge in [0.2, 0.25) is 0 Å². The summed E-state index contributed by atoms with van der Waals surface area (Å²) in [5.41, 5.74) is 6.91. The number of amides is 3. The molecule has 0 unspecified atom stereocenters. The molecule has 7 nitrogen and oxygen atoms in total. The molecule has 0 heterocycles. The minimum absolute atomic E-state index is 0.241. The molecule has 0 aliphatic carbocycles. The number of hydrogen-bond donors (Lipinski definition) is 3. The van der Waals surface area contributed by atoms with Crippen molar-refractivity contribution in [1.82, 2.24) is 16.2 Å². The lowest BCUT2D eigenvalue weighted by Gasteiger charge is -2.15. The highest BCUT2D eigenvalue weighted by Gasteiger charge is 2.17. The van der Waals surface area contributed by atoms with E-state index in [0.29, 0.717) is 11.3 Å². The van der Waals surface area contributed by atoms with E-state index in [4.69, 9.17) is 4.74 Å². The predicted octanol–water partition coefficient (Wildman–Crippen LogP) is 1.65. The molecule has 0 saturated heterocycles. The van der Waals surface area contributed by atoms with Crippen molar-refractivity contribution in [1.29, 1.82) is 0 Å². The number of carbonyl (C=O) groups is 3. The summed E-state index contributed by atoms with van der Waals surface area (Å²) in [7, 11) is 0. The molecule has 0 fully saturated rings. The van der Waals surface area contributed by atoms with Crippen LogP contribution >= 0.6 is 0 Å². The van der Waals surface area contributed by atoms with Crippen molar-refractivity contribution in [3.63, 3.8) is 0 Å². The van der Waals surface area contributed by atoms with Crippen molar-refractivity contribution < 1.29 is 19.1 Å². The molecule has 142 valence electrons. The number of benzene rings is 2. The average molecular weight is 369 g/mol. The van der Waals surface area contributed by atoms with Gasteiger partial charge in [0.1, 0.15) is 11.8 Å². The maximum Gasteiger partial charge on any atom is 0.276 e. The summed E-state index contributed by atoms with van der Waals surface area (Å²) in [5, 5.41) is 2.56. The Morgan fingerprint density at radius 1 is 1.00 bits per heavy atom. The number of hydrazine groups is 1. The summed E-state index contributed by atoms with van der Waals surface area (Å²) in [5.74, 6) is -0.812. The highest BCUT2D eigenvalue weighted by molar-refractivity contribution is 5.97. The highest BCUT2D eigenvalue weighted by atomic mass is 16.5. The summed E-state index contributed by atoms with van der Waals surface area (Å²) < 4.78 is 5.46. The van der Waals surface area contributed by atoms with Crippen LogP contribution in [0.5, 0.6) is 5.75 Å². The second kappa shape index (κ2) is 9.38. The van der Waals surface area contributed by atoms with E-state index >= 15 is 0 Å². The van der Waals surface area contributed by atoms with Gasteiger partial charge >= 0.3 is 0 Å². The molecular weight excluding hydrogens is 346 g/mol. The first-order valence-electron chi connectivity index (χ1n) is 8.51. The van der Waals surface area contributed by atoms with Gasteiger partial charge < -0.3 is 10.1 Å². The molecule has 3 N–H and O–H groups in total. The zero-order chi connectivity index (χ0) is 19.8. The summed E-state index contributed by atoms with van der Waals surface area (Å²) in [6, 6.07) is 13.4. The molecule has 0 radical (unpaired) electrons. The van der Waals surface area contributed by atoms with Crippen molar-refractivity contribution >= 4 is 17.7 Å². The largest absolute Gasteiger partial charge is 0.483 e. The lowest BCUT2D eigenvalue weighted by atomic mass is 10.1. The standard InChI is InChI=1S/C20H23N3O4/c1-13-9-10-14(2)17(11-13)27-12-18(24)22-23-19(25)15(3)21-20(26)16-7-5-4-6-8-16/h4-11,15H,12H2,1-3H3,(H,21,26)(H,22,24)(H,23,25)/t15-/m0/s1. The minimum Gasteiger partial charge on any atom is -0.483 e. The van der Waals surface area contributed by atoms with E-state index in [9.17, 15) is 14.4 Å². The Bertz CT molecular complexity index is 821. The number of nitrogens with one attached hydrogen (secondary N) is 3. The molecule has 2 aromatic carbocycles. The number of rotatable bonds is 6. The van der Waals surface area contributed by atoms with Crippen molar-refractivity contribution in [3.05, 3.63) is 65.2 Å². The number of aryl methyl sites for hydroxylation is 2. The van der Waals surface area contributed by atoms with Gasteiger partial charge in [-0.05, 0) is 50.1 Å². The third kappa shape index (κ3) is 6.14. The number of carbonyl (C=O) groups excluding carboxylic acids is 3. The fourth-order valence-corrected chi connectivity index (χ4v) is 2.22. The first-order chi connectivity index (χ1) is 12.9. The molecule has 0 aliphatic rings. The molecule has 0 spiro atoms. The molecular formula is C20H23N3O4. The van der Waals surface area contributed by atoms with E-state index in [1.807, 2.05) is 32.0 Å². The molecule has 27 heavy (non-hydrogen) atoms. The molecule has 0 bridgehead atoms. The van der Waals surface area contributed by atoms with Gasteiger partial charge in [-0.25, -0.2) is 0 Å². The first-order valence-corrected chi connectivity index (χ1v) is 8.51. The van der Waals surface area contributed by atoms with Crippen LogP contribution < -0.4 is 20.9 Å². The van der Waals surface area contributed by atoms with E-state index in [2.05, 4.69) is 16.2 Å². The second-order valence-corrected chi connectivity index (χ2v) is 6.16.